The lowest BCUT2D eigenvalue weighted by Crippen LogP contribution is -2.33. The van der Waals surface area contributed by atoms with E-state index in [9.17, 15) is 4.79 Å². The Morgan fingerprint density at radius 3 is 2.59 bits per heavy atom. The van der Waals surface area contributed by atoms with Gasteiger partial charge in [-0.25, -0.2) is 4.98 Å². The number of aryl methyl sites for hydroxylation is 1. The molecule has 0 radical (unpaired) electrons. The van der Waals surface area contributed by atoms with Crippen molar-refractivity contribution in [2.75, 3.05) is 13.1 Å². The molecular formula is C18H24N2O2. The highest BCUT2D eigenvalue weighted by Gasteiger charge is 2.17. The summed E-state index contributed by atoms with van der Waals surface area (Å²) in [6.07, 6.45) is 2.43. The summed E-state index contributed by atoms with van der Waals surface area (Å²) in [7, 11) is 0. The predicted octanol–water partition coefficient (Wildman–Crippen LogP) is 3.84. The minimum Gasteiger partial charge on any atom is -0.441 e. The Kier molecular flexibility index (Phi) is 5.75. The summed E-state index contributed by atoms with van der Waals surface area (Å²) in [5, 5.41) is 0. The molecule has 22 heavy (non-hydrogen) atoms. The van der Waals surface area contributed by atoms with Crippen molar-refractivity contribution in [1.82, 2.24) is 9.88 Å². The molecule has 0 bridgehead atoms. The third-order valence-corrected chi connectivity index (χ3v) is 3.75. The average molecular weight is 300 g/mol. The summed E-state index contributed by atoms with van der Waals surface area (Å²) < 4.78 is 5.71. The van der Waals surface area contributed by atoms with Crippen molar-refractivity contribution < 1.29 is 9.21 Å². The standard InChI is InChI=1S/C18H24N2O2/c1-4-6-12-20(5-2)17(21)13-16-14(3)22-18(19-16)15-10-8-7-9-11-15/h7-11H,4-6,12-13H2,1-3H3. The summed E-state index contributed by atoms with van der Waals surface area (Å²) in [5.41, 5.74) is 1.67. The van der Waals surface area contributed by atoms with E-state index in [0.717, 1.165) is 42.9 Å². The number of nitrogens with zero attached hydrogens (tertiary/aromatic N) is 2. The second kappa shape index (κ2) is 7.78. The molecule has 0 spiro atoms. The normalized spacial score (nSPS) is 10.7. The van der Waals surface area contributed by atoms with Crippen LogP contribution in [0.1, 0.15) is 38.1 Å². The van der Waals surface area contributed by atoms with E-state index in [1.807, 2.05) is 49.1 Å². The number of unbranched alkanes of at least 4 members (excludes halogenated alkanes) is 1. The summed E-state index contributed by atoms with van der Waals surface area (Å²) in [6.45, 7) is 7.56. The van der Waals surface area contributed by atoms with Crippen molar-refractivity contribution in [2.45, 2.75) is 40.0 Å². The van der Waals surface area contributed by atoms with E-state index in [-0.39, 0.29) is 5.91 Å². The third-order valence-electron chi connectivity index (χ3n) is 3.75. The summed E-state index contributed by atoms with van der Waals surface area (Å²) in [6, 6.07) is 9.76. The fraction of sp³-hybridized carbons (Fsp3) is 0.444. The van der Waals surface area contributed by atoms with Gasteiger partial charge >= 0.3 is 0 Å². The number of hydrogen-bond acceptors (Lipinski definition) is 3. The van der Waals surface area contributed by atoms with Gasteiger partial charge in [-0.2, -0.15) is 0 Å². The summed E-state index contributed by atoms with van der Waals surface area (Å²) in [4.78, 5) is 18.8. The molecule has 0 saturated carbocycles. The third kappa shape index (κ3) is 3.97. The van der Waals surface area contributed by atoms with E-state index < -0.39 is 0 Å². The fourth-order valence-corrected chi connectivity index (χ4v) is 2.36. The molecule has 4 nitrogen and oxygen atoms in total. The first-order valence-electron chi connectivity index (χ1n) is 7.95. The first-order valence-corrected chi connectivity index (χ1v) is 7.95. The smallest absolute Gasteiger partial charge is 0.228 e. The lowest BCUT2D eigenvalue weighted by atomic mass is 10.2. The van der Waals surface area contributed by atoms with E-state index in [0.29, 0.717) is 12.3 Å². The van der Waals surface area contributed by atoms with E-state index in [1.165, 1.54) is 0 Å². The SMILES string of the molecule is CCCCN(CC)C(=O)Cc1nc(-c2ccccc2)oc1C. The second-order valence-corrected chi connectivity index (χ2v) is 5.39. The molecule has 0 atom stereocenters. The second-order valence-electron chi connectivity index (χ2n) is 5.39. The van der Waals surface area contributed by atoms with Gasteiger partial charge in [0, 0.05) is 18.7 Å². The van der Waals surface area contributed by atoms with Crippen LogP contribution in [0.15, 0.2) is 34.7 Å². The monoisotopic (exact) mass is 300 g/mol. The van der Waals surface area contributed by atoms with Gasteiger partial charge in [0.05, 0.1) is 12.1 Å². The molecule has 1 amide bonds. The number of carbonyl (C=O) groups excluding carboxylic acids is 1. The van der Waals surface area contributed by atoms with Gasteiger partial charge in [0.25, 0.3) is 0 Å². The van der Waals surface area contributed by atoms with Crippen LogP contribution in [0.2, 0.25) is 0 Å². The number of rotatable bonds is 7. The van der Waals surface area contributed by atoms with E-state index in [1.54, 1.807) is 0 Å². The summed E-state index contributed by atoms with van der Waals surface area (Å²) in [5.74, 6) is 1.42. The zero-order valence-electron chi connectivity index (χ0n) is 13.6. The lowest BCUT2D eigenvalue weighted by molar-refractivity contribution is -0.130. The van der Waals surface area contributed by atoms with E-state index in [4.69, 9.17) is 4.42 Å². The molecule has 0 saturated heterocycles. The lowest BCUT2D eigenvalue weighted by Gasteiger charge is -2.20. The Morgan fingerprint density at radius 1 is 1.23 bits per heavy atom. The number of benzene rings is 1. The fourth-order valence-electron chi connectivity index (χ4n) is 2.36. The molecule has 0 unspecified atom stereocenters. The molecule has 2 rings (SSSR count). The first-order chi connectivity index (χ1) is 10.7. The predicted molar refractivity (Wildman–Crippen MR) is 87.5 cm³/mol. The van der Waals surface area contributed by atoms with Crippen LogP contribution in [0.4, 0.5) is 0 Å². The highest BCUT2D eigenvalue weighted by molar-refractivity contribution is 5.78. The van der Waals surface area contributed by atoms with Crippen LogP contribution in [0.3, 0.4) is 0 Å². The molecule has 0 aliphatic rings. The first kappa shape index (κ1) is 16.3. The van der Waals surface area contributed by atoms with Gasteiger partial charge in [0.15, 0.2) is 0 Å². The number of amides is 1. The Labute approximate surface area is 132 Å². The van der Waals surface area contributed by atoms with Crippen LogP contribution >= 0.6 is 0 Å². The van der Waals surface area contributed by atoms with Gasteiger partial charge in [-0.1, -0.05) is 31.5 Å². The van der Waals surface area contributed by atoms with Crippen LogP contribution < -0.4 is 0 Å². The van der Waals surface area contributed by atoms with E-state index in [2.05, 4.69) is 11.9 Å². The van der Waals surface area contributed by atoms with Crippen LogP contribution in [0.5, 0.6) is 0 Å². The van der Waals surface area contributed by atoms with Crippen LogP contribution in [-0.4, -0.2) is 28.9 Å². The Bertz CT molecular complexity index is 605. The number of carbonyl (C=O) groups is 1. The minimum atomic E-state index is 0.118. The van der Waals surface area contributed by atoms with Crippen molar-refractivity contribution >= 4 is 5.91 Å². The van der Waals surface area contributed by atoms with Crippen LogP contribution in [-0.2, 0) is 11.2 Å². The number of aromatic nitrogens is 1. The molecule has 2 aromatic rings. The van der Waals surface area contributed by atoms with Crippen molar-refractivity contribution in [2.24, 2.45) is 0 Å². The summed E-state index contributed by atoms with van der Waals surface area (Å²) >= 11 is 0. The molecule has 1 aromatic heterocycles. The van der Waals surface area contributed by atoms with Crippen molar-refractivity contribution in [3.8, 4) is 11.5 Å². The number of oxazole rings is 1. The quantitative estimate of drug-likeness (QED) is 0.780. The van der Waals surface area contributed by atoms with Crippen molar-refractivity contribution in [3.63, 3.8) is 0 Å². The van der Waals surface area contributed by atoms with Crippen LogP contribution in [0, 0.1) is 6.92 Å². The molecular weight excluding hydrogens is 276 g/mol. The molecule has 4 heteroatoms. The molecule has 0 aliphatic heterocycles. The number of hydrogen-bond donors (Lipinski definition) is 0. The average Bonchev–Trinajstić information content (AvgIpc) is 2.90. The van der Waals surface area contributed by atoms with Crippen molar-refractivity contribution in [1.29, 1.82) is 0 Å². The molecule has 0 aliphatic carbocycles. The van der Waals surface area contributed by atoms with Gasteiger partial charge < -0.3 is 9.32 Å². The highest BCUT2D eigenvalue weighted by Crippen LogP contribution is 2.22. The maximum Gasteiger partial charge on any atom is 0.228 e. The van der Waals surface area contributed by atoms with Gasteiger partial charge in [0.1, 0.15) is 5.76 Å². The largest absolute Gasteiger partial charge is 0.441 e. The van der Waals surface area contributed by atoms with Gasteiger partial charge in [-0.05, 0) is 32.4 Å². The molecule has 0 N–H and O–H groups in total. The Morgan fingerprint density at radius 2 is 1.95 bits per heavy atom. The molecule has 118 valence electrons. The Balaban J connectivity index is 2.10. The van der Waals surface area contributed by atoms with Gasteiger partial charge in [-0.3, -0.25) is 4.79 Å². The molecule has 1 heterocycles. The molecule has 0 fully saturated rings. The Hall–Kier alpha value is -2.10. The van der Waals surface area contributed by atoms with Crippen LogP contribution in [0.25, 0.3) is 11.5 Å². The zero-order valence-corrected chi connectivity index (χ0v) is 13.6. The van der Waals surface area contributed by atoms with Gasteiger partial charge in [0.2, 0.25) is 11.8 Å². The minimum absolute atomic E-state index is 0.118. The zero-order chi connectivity index (χ0) is 15.9. The van der Waals surface area contributed by atoms with Crippen molar-refractivity contribution in [3.05, 3.63) is 41.8 Å². The number of likely N-dealkylation sites (N-methyl/N-ethyl adjacent to an activating group) is 1. The topological polar surface area (TPSA) is 46.3 Å². The molecule has 1 aromatic carbocycles. The van der Waals surface area contributed by atoms with E-state index >= 15 is 0 Å². The highest BCUT2D eigenvalue weighted by atomic mass is 16.4. The maximum atomic E-state index is 12.4. The van der Waals surface area contributed by atoms with Gasteiger partial charge in [-0.15, -0.1) is 0 Å². The maximum absolute atomic E-state index is 12.4.